The van der Waals surface area contributed by atoms with Crippen LogP contribution in [0.3, 0.4) is 0 Å². The van der Waals surface area contributed by atoms with Gasteiger partial charge in [-0.25, -0.2) is 0 Å². The quantitative estimate of drug-likeness (QED) is 0.288. The highest BCUT2D eigenvalue weighted by Gasteiger charge is 2.14. The van der Waals surface area contributed by atoms with Crippen molar-refractivity contribution in [3.05, 3.63) is 97.5 Å². The summed E-state index contributed by atoms with van der Waals surface area (Å²) in [6.45, 7) is 0.273. The summed E-state index contributed by atoms with van der Waals surface area (Å²) in [5.74, 6) is -0.0100. The van der Waals surface area contributed by atoms with Gasteiger partial charge in [-0.1, -0.05) is 70.7 Å². The van der Waals surface area contributed by atoms with Crippen LogP contribution >= 0.6 is 46.4 Å². The van der Waals surface area contributed by atoms with Gasteiger partial charge in [-0.2, -0.15) is 5.26 Å². The summed E-state index contributed by atoms with van der Waals surface area (Å²) in [7, 11) is 0. The minimum atomic E-state index is -0.616. The van der Waals surface area contributed by atoms with Crippen LogP contribution in [-0.4, -0.2) is 5.91 Å². The molecule has 0 aliphatic carbocycles. The highest BCUT2D eigenvalue weighted by molar-refractivity contribution is 6.40. The van der Waals surface area contributed by atoms with E-state index in [-0.39, 0.29) is 27.9 Å². The zero-order valence-electron chi connectivity index (χ0n) is 15.8. The number of nitriles is 1. The van der Waals surface area contributed by atoms with E-state index in [0.29, 0.717) is 21.4 Å². The zero-order valence-corrected chi connectivity index (χ0v) is 18.9. The molecule has 3 rings (SSSR count). The predicted octanol–water partition coefficient (Wildman–Crippen LogP) is 7.42. The Morgan fingerprint density at radius 3 is 2.26 bits per heavy atom. The summed E-state index contributed by atoms with van der Waals surface area (Å²) in [6.07, 6.45) is 1.46. The Morgan fingerprint density at radius 1 is 0.968 bits per heavy atom. The number of hydrogen-bond acceptors (Lipinski definition) is 3. The molecule has 1 amide bonds. The molecule has 0 bridgehead atoms. The molecule has 0 radical (unpaired) electrons. The van der Waals surface area contributed by atoms with Gasteiger partial charge in [0.05, 0.1) is 15.7 Å². The molecule has 0 aromatic heterocycles. The Kier molecular flexibility index (Phi) is 7.84. The molecule has 0 atom stereocenters. The molecule has 156 valence electrons. The van der Waals surface area contributed by atoms with E-state index >= 15 is 0 Å². The highest BCUT2D eigenvalue weighted by Crippen LogP contribution is 2.30. The number of rotatable bonds is 6. The molecule has 3 aromatic rings. The van der Waals surface area contributed by atoms with Crippen LogP contribution in [-0.2, 0) is 11.4 Å². The van der Waals surface area contributed by atoms with Crippen LogP contribution in [0.2, 0.25) is 20.1 Å². The molecule has 4 nitrogen and oxygen atoms in total. The fourth-order valence-corrected chi connectivity index (χ4v) is 3.53. The minimum absolute atomic E-state index is 0.0994. The van der Waals surface area contributed by atoms with Gasteiger partial charge in [0.1, 0.15) is 24.0 Å². The third-order valence-corrected chi connectivity index (χ3v) is 5.38. The van der Waals surface area contributed by atoms with E-state index in [4.69, 9.17) is 51.1 Å². The second-order valence-electron chi connectivity index (χ2n) is 6.31. The lowest BCUT2D eigenvalue weighted by molar-refractivity contribution is -0.112. The third kappa shape index (κ3) is 6.16. The van der Waals surface area contributed by atoms with Gasteiger partial charge >= 0.3 is 0 Å². The van der Waals surface area contributed by atoms with Gasteiger partial charge in [0.15, 0.2) is 0 Å². The maximum atomic E-state index is 12.5. The average molecular weight is 492 g/mol. The van der Waals surface area contributed by atoms with Crippen LogP contribution < -0.4 is 10.1 Å². The first kappa shape index (κ1) is 23.0. The molecule has 0 spiro atoms. The zero-order chi connectivity index (χ0) is 22.4. The molecule has 1 N–H and O–H groups in total. The van der Waals surface area contributed by atoms with Crippen LogP contribution in [0.1, 0.15) is 11.1 Å². The molecule has 0 aliphatic heterocycles. The topological polar surface area (TPSA) is 62.1 Å². The molecule has 0 fully saturated rings. The largest absolute Gasteiger partial charge is 0.489 e. The number of nitrogens with zero attached hydrogens (tertiary/aromatic N) is 1. The third-order valence-electron chi connectivity index (χ3n) is 4.17. The predicted molar refractivity (Wildman–Crippen MR) is 126 cm³/mol. The Hall–Kier alpha value is -2.68. The lowest BCUT2D eigenvalue weighted by Gasteiger charge is -2.09. The SMILES string of the molecule is N#C/C(=C\c1ccc(OCc2ccc(Cl)cc2Cl)cc1)C(=O)Nc1c(Cl)cccc1Cl. The van der Waals surface area contributed by atoms with Crippen molar-refractivity contribution in [1.29, 1.82) is 5.26 Å². The summed E-state index contributed by atoms with van der Waals surface area (Å²) >= 11 is 24.2. The molecule has 0 saturated carbocycles. The van der Waals surface area contributed by atoms with Gasteiger partial charge in [-0.05, 0) is 48.0 Å². The van der Waals surface area contributed by atoms with Crippen molar-refractivity contribution in [2.24, 2.45) is 0 Å². The second-order valence-corrected chi connectivity index (χ2v) is 7.97. The fourth-order valence-electron chi connectivity index (χ4n) is 2.57. The molecule has 0 unspecified atom stereocenters. The van der Waals surface area contributed by atoms with Gasteiger partial charge in [0.2, 0.25) is 0 Å². The van der Waals surface area contributed by atoms with Gasteiger partial charge in [0, 0.05) is 15.6 Å². The summed E-state index contributed by atoms with van der Waals surface area (Å²) in [5.41, 5.74) is 1.60. The van der Waals surface area contributed by atoms with Gasteiger partial charge in [-0.15, -0.1) is 0 Å². The molecular weight excluding hydrogens is 478 g/mol. The van der Waals surface area contributed by atoms with Crippen LogP contribution in [0, 0.1) is 11.3 Å². The number of ether oxygens (including phenoxy) is 1. The molecule has 8 heteroatoms. The maximum absolute atomic E-state index is 12.5. The Balaban J connectivity index is 1.69. The lowest BCUT2D eigenvalue weighted by Crippen LogP contribution is -2.14. The van der Waals surface area contributed by atoms with Crippen molar-refractivity contribution in [3.8, 4) is 11.8 Å². The number of carbonyl (C=O) groups excluding carboxylic acids is 1. The van der Waals surface area contributed by atoms with E-state index < -0.39 is 5.91 Å². The summed E-state index contributed by atoms with van der Waals surface area (Å²) in [6, 6.07) is 18.8. The summed E-state index contributed by atoms with van der Waals surface area (Å²) in [5, 5.41) is 13.6. The van der Waals surface area contributed by atoms with Gasteiger partial charge in [0.25, 0.3) is 5.91 Å². The number of anilines is 1. The van der Waals surface area contributed by atoms with Gasteiger partial charge in [-0.3, -0.25) is 4.79 Å². The smallest absolute Gasteiger partial charge is 0.266 e. The monoisotopic (exact) mass is 490 g/mol. The summed E-state index contributed by atoms with van der Waals surface area (Å²) in [4.78, 5) is 12.5. The van der Waals surface area contributed by atoms with E-state index in [1.54, 1.807) is 60.7 Å². The number of carbonyl (C=O) groups is 1. The van der Waals surface area contributed by atoms with Crippen molar-refractivity contribution < 1.29 is 9.53 Å². The first-order chi connectivity index (χ1) is 14.9. The van der Waals surface area contributed by atoms with E-state index in [9.17, 15) is 10.1 Å². The van der Waals surface area contributed by atoms with E-state index in [0.717, 1.165) is 5.56 Å². The molecule has 0 aliphatic rings. The van der Waals surface area contributed by atoms with Crippen molar-refractivity contribution in [2.75, 3.05) is 5.32 Å². The molecule has 31 heavy (non-hydrogen) atoms. The van der Waals surface area contributed by atoms with E-state index in [1.165, 1.54) is 6.08 Å². The molecule has 0 heterocycles. The Bertz CT molecular complexity index is 1160. The maximum Gasteiger partial charge on any atom is 0.266 e. The fraction of sp³-hybridized carbons (Fsp3) is 0.0435. The first-order valence-electron chi connectivity index (χ1n) is 8.91. The number of nitrogens with one attached hydrogen (secondary N) is 1. The van der Waals surface area contributed by atoms with Crippen molar-refractivity contribution in [3.63, 3.8) is 0 Å². The minimum Gasteiger partial charge on any atom is -0.489 e. The second kappa shape index (κ2) is 10.6. The van der Waals surface area contributed by atoms with Crippen molar-refractivity contribution >= 4 is 64.1 Å². The van der Waals surface area contributed by atoms with Crippen LogP contribution in [0.15, 0.2) is 66.2 Å². The average Bonchev–Trinajstić information content (AvgIpc) is 2.75. The van der Waals surface area contributed by atoms with Crippen molar-refractivity contribution in [2.45, 2.75) is 6.61 Å². The van der Waals surface area contributed by atoms with Crippen LogP contribution in [0.5, 0.6) is 5.75 Å². The van der Waals surface area contributed by atoms with Crippen LogP contribution in [0.4, 0.5) is 5.69 Å². The van der Waals surface area contributed by atoms with Crippen LogP contribution in [0.25, 0.3) is 6.08 Å². The molecule has 0 saturated heterocycles. The number of para-hydroxylation sites is 1. The normalized spacial score (nSPS) is 11.0. The number of benzene rings is 3. The van der Waals surface area contributed by atoms with E-state index in [2.05, 4.69) is 5.32 Å². The lowest BCUT2D eigenvalue weighted by atomic mass is 10.1. The molecule has 3 aromatic carbocycles. The first-order valence-corrected chi connectivity index (χ1v) is 10.4. The molecular formula is C23H14Cl4N2O2. The van der Waals surface area contributed by atoms with Gasteiger partial charge < -0.3 is 10.1 Å². The Morgan fingerprint density at radius 2 is 1.65 bits per heavy atom. The Labute approximate surface area is 199 Å². The number of hydrogen-bond donors (Lipinski definition) is 1. The van der Waals surface area contributed by atoms with Crippen molar-refractivity contribution in [1.82, 2.24) is 0 Å². The highest BCUT2D eigenvalue weighted by atomic mass is 35.5. The number of halogens is 4. The standard InChI is InChI=1S/C23H14Cl4N2O2/c24-17-7-6-15(21(27)11-17)13-31-18-8-4-14(5-9-18)10-16(12-28)23(30)29-22-19(25)2-1-3-20(22)26/h1-11H,13H2,(H,29,30)/b16-10+. The summed E-state index contributed by atoms with van der Waals surface area (Å²) < 4.78 is 5.73. The van der Waals surface area contributed by atoms with E-state index in [1.807, 2.05) is 6.07 Å². The number of amides is 1.